The highest BCUT2D eigenvalue weighted by Crippen LogP contribution is 2.19. The first-order valence-electron chi connectivity index (χ1n) is 7.67. The van der Waals surface area contributed by atoms with Crippen molar-refractivity contribution in [2.45, 2.75) is 24.4 Å². The smallest absolute Gasteiger partial charge is 0.332 e. The number of urea groups is 1. The van der Waals surface area contributed by atoms with Crippen LogP contribution in [0.1, 0.15) is 12.5 Å². The molecule has 2 rings (SSSR count). The molecule has 2 amide bonds. The summed E-state index contributed by atoms with van der Waals surface area (Å²) in [6, 6.07) is 9.38. The van der Waals surface area contributed by atoms with Gasteiger partial charge in [0.05, 0.1) is 4.90 Å². The minimum atomic E-state index is -4.21. The Morgan fingerprint density at radius 1 is 1.11 bits per heavy atom. The van der Waals surface area contributed by atoms with Gasteiger partial charge in [-0.25, -0.2) is 22.7 Å². The SMILES string of the molecule is CC(C(=O)O)N(Cc1ccccc1Cl)C(=O)NS(=O)(=O)c1ccc(Cl)cc1. The van der Waals surface area contributed by atoms with Crippen molar-refractivity contribution in [1.82, 2.24) is 9.62 Å². The number of hydrogen-bond acceptors (Lipinski definition) is 4. The second-order valence-electron chi connectivity index (χ2n) is 5.60. The van der Waals surface area contributed by atoms with Crippen molar-refractivity contribution in [2.75, 3.05) is 0 Å². The molecule has 0 saturated carbocycles. The molecule has 0 heterocycles. The summed E-state index contributed by atoms with van der Waals surface area (Å²) in [7, 11) is -4.21. The van der Waals surface area contributed by atoms with Crippen molar-refractivity contribution in [1.29, 1.82) is 0 Å². The zero-order valence-electron chi connectivity index (χ0n) is 14.1. The molecule has 27 heavy (non-hydrogen) atoms. The number of benzene rings is 2. The van der Waals surface area contributed by atoms with Crippen molar-refractivity contribution in [2.24, 2.45) is 0 Å². The fourth-order valence-corrected chi connectivity index (χ4v) is 3.46. The van der Waals surface area contributed by atoms with Crippen LogP contribution in [0.15, 0.2) is 53.4 Å². The Labute approximate surface area is 166 Å². The molecule has 2 N–H and O–H groups in total. The number of hydrogen-bond donors (Lipinski definition) is 2. The molecule has 0 aliphatic carbocycles. The molecule has 7 nitrogen and oxygen atoms in total. The predicted molar refractivity (Wildman–Crippen MR) is 101 cm³/mol. The van der Waals surface area contributed by atoms with E-state index < -0.39 is 28.1 Å². The maximum atomic E-state index is 12.6. The number of nitrogens with one attached hydrogen (secondary N) is 1. The van der Waals surface area contributed by atoms with E-state index in [-0.39, 0.29) is 11.4 Å². The fourth-order valence-electron chi connectivity index (χ4n) is 2.17. The molecular weight excluding hydrogens is 415 g/mol. The van der Waals surface area contributed by atoms with Gasteiger partial charge in [0.25, 0.3) is 10.0 Å². The molecule has 0 radical (unpaired) electrons. The van der Waals surface area contributed by atoms with Crippen molar-refractivity contribution >= 4 is 45.2 Å². The van der Waals surface area contributed by atoms with E-state index in [1.165, 1.54) is 31.2 Å². The van der Waals surface area contributed by atoms with Crippen molar-refractivity contribution in [3.8, 4) is 0 Å². The molecule has 2 aromatic rings. The van der Waals surface area contributed by atoms with E-state index in [0.717, 1.165) is 4.90 Å². The van der Waals surface area contributed by atoms with E-state index in [1.807, 2.05) is 4.72 Å². The first-order chi connectivity index (χ1) is 12.6. The summed E-state index contributed by atoms with van der Waals surface area (Å²) < 4.78 is 26.7. The monoisotopic (exact) mass is 430 g/mol. The lowest BCUT2D eigenvalue weighted by Crippen LogP contribution is -2.49. The molecule has 0 fully saturated rings. The van der Waals surface area contributed by atoms with Crippen molar-refractivity contribution in [3.05, 3.63) is 64.1 Å². The number of nitrogens with zero attached hydrogens (tertiary/aromatic N) is 1. The minimum absolute atomic E-state index is 0.180. The van der Waals surface area contributed by atoms with Crippen LogP contribution in [0.2, 0.25) is 10.0 Å². The molecule has 0 aliphatic rings. The van der Waals surface area contributed by atoms with Gasteiger partial charge >= 0.3 is 12.0 Å². The lowest BCUT2D eigenvalue weighted by atomic mass is 10.2. The van der Waals surface area contributed by atoms with Gasteiger partial charge in [0.1, 0.15) is 6.04 Å². The van der Waals surface area contributed by atoms with Gasteiger partial charge in [0.2, 0.25) is 0 Å². The molecule has 0 spiro atoms. The van der Waals surface area contributed by atoms with Crippen LogP contribution in [0.5, 0.6) is 0 Å². The molecular formula is C17H16Cl2N2O5S. The highest BCUT2D eigenvalue weighted by molar-refractivity contribution is 7.90. The average molecular weight is 431 g/mol. The topological polar surface area (TPSA) is 104 Å². The number of aliphatic carboxylic acids is 1. The number of carboxylic acids is 1. The zero-order valence-corrected chi connectivity index (χ0v) is 16.4. The maximum absolute atomic E-state index is 12.6. The Morgan fingerprint density at radius 2 is 1.70 bits per heavy atom. The van der Waals surface area contributed by atoms with Gasteiger partial charge in [-0.3, -0.25) is 0 Å². The second-order valence-corrected chi connectivity index (χ2v) is 8.12. The molecule has 0 aromatic heterocycles. The molecule has 10 heteroatoms. The number of carbonyl (C=O) groups is 2. The van der Waals surface area contributed by atoms with Crippen LogP contribution in [-0.2, 0) is 21.4 Å². The van der Waals surface area contributed by atoms with Crippen LogP contribution in [0.3, 0.4) is 0 Å². The highest BCUT2D eigenvalue weighted by atomic mass is 35.5. The summed E-state index contributed by atoms with van der Waals surface area (Å²) in [5.74, 6) is -1.29. The van der Waals surface area contributed by atoms with E-state index >= 15 is 0 Å². The number of halogens is 2. The van der Waals surface area contributed by atoms with Crippen LogP contribution in [0, 0.1) is 0 Å². The summed E-state index contributed by atoms with van der Waals surface area (Å²) in [5, 5.41) is 9.94. The fraction of sp³-hybridized carbons (Fsp3) is 0.176. The van der Waals surface area contributed by atoms with Crippen LogP contribution >= 0.6 is 23.2 Å². The van der Waals surface area contributed by atoms with Crippen molar-refractivity contribution < 1.29 is 23.1 Å². The van der Waals surface area contributed by atoms with Gasteiger partial charge in [-0.15, -0.1) is 0 Å². The van der Waals surface area contributed by atoms with Gasteiger partial charge in [-0.05, 0) is 42.8 Å². The average Bonchev–Trinajstić information content (AvgIpc) is 2.60. The molecule has 1 atom stereocenters. The van der Waals surface area contributed by atoms with E-state index in [9.17, 15) is 23.1 Å². The third-order valence-electron chi connectivity index (χ3n) is 3.73. The number of rotatable bonds is 6. The number of carboxylic acid groups (broad SMARTS) is 1. The minimum Gasteiger partial charge on any atom is -0.480 e. The molecule has 2 aromatic carbocycles. The summed E-state index contributed by atoms with van der Waals surface area (Å²) >= 11 is 11.8. The Morgan fingerprint density at radius 3 is 2.26 bits per heavy atom. The first kappa shape index (κ1) is 21.0. The van der Waals surface area contributed by atoms with Gasteiger partial charge < -0.3 is 10.0 Å². The molecule has 1 unspecified atom stereocenters. The third-order valence-corrected chi connectivity index (χ3v) is 5.69. The van der Waals surface area contributed by atoms with Crippen LogP contribution in [0.25, 0.3) is 0 Å². The first-order valence-corrected chi connectivity index (χ1v) is 9.91. The number of carbonyl (C=O) groups excluding carboxylic acids is 1. The molecule has 0 saturated heterocycles. The summed E-state index contributed by atoms with van der Waals surface area (Å²) in [6.45, 7) is 1.09. The van der Waals surface area contributed by atoms with Gasteiger partial charge in [-0.2, -0.15) is 0 Å². The Hall–Kier alpha value is -2.29. The highest BCUT2D eigenvalue weighted by Gasteiger charge is 2.29. The normalized spacial score (nSPS) is 12.3. The maximum Gasteiger partial charge on any atom is 0.332 e. The molecule has 0 bridgehead atoms. The lowest BCUT2D eigenvalue weighted by Gasteiger charge is -2.27. The van der Waals surface area contributed by atoms with Gasteiger partial charge in [0.15, 0.2) is 0 Å². The standard InChI is InChI=1S/C17H16Cl2N2O5S/c1-11(16(22)23)21(10-12-4-2-3-5-15(12)19)17(24)20-27(25,26)14-8-6-13(18)7-9-14/h2-9,11H,10H2,1H3,(H,20,24)(H,22,23). The lowest BCUT2D eigenvalue weighted by molar-refractivity contribution is -0.141. The number of sulfonamides is 1. The summed E-state index contributed by atoms with van der Waals surface area (Å²) in [6.07, 6.45) is 0. The zero-order chi connectivity index (χ0) is 20.2. The van der Waals surface area contributed by atoms with Gasteiger partial charge in [0, 0.05) is 16.6 Å². The Kier molecular flexibility index (Phi) is 6.69. The second kappa shape index (κ2) is 8.60. The van der Waals surface area contributed by atoms with Gasteiger partial charge in [-0.1, -0.05) is 41.4 Å². The van der Waals surface area contributed by atoms with E-state index in [4.69, 9.17) is 23.2 Å². The van der Waals surface area contributed by atoms with E-state index in [0.29, 0.717) is 15.6 Å². The summed E-state index contributed by atoms with van der Waals surface area (Å²) in [5.41, 5.74) is 0.478. The number of amides is 2. The largest absolute Gasteiger partial charge is 0.480 e. The van der Waals surface area contributed by atoms with Crippen LogP contribution < -0.4 is 4.72 Å². The van der Waals surface area contributed by atoms with Crippen LogP contribution in [0.4, 0.5) is 4.79 Å². The van der Waals surface area contributed by atoms with E-state index in [2.05, 4.69) is 0 Å². The third kappa shape index (κ3) is 5.35. The predicted octanol–water partition coefficient (Wildman–Crippen LogP) is 3.37. The summed E-state index contributed by atoms with van der Waals surface area (Å²) in [4.78, 5) is 24.6. The molecule has 144 valence electrons. The Bertz CT molecular complexity index is 948. The molecule has 0 aliphatic heterocycles. The quantitative estimate of drug-likeness (QED) is 0.730. The Balaban J connectivity index is 2.29. The van der Waals surface area contributed by atoms with E-state index in [1.54, 1.807) is 24.3 Å². The van der Waals surface area contributed by atoms with Crippen LogP contribution in [-0.4, -0.2) is 36.5 Å². The van der Waals surface area contributed by atoms with Crippen molar-refractivity contribution in [3.63, 3.8) is 0 Å².